The maximum absolute atomic E-state index is 13.5. The van der Waals surface area contributed by atoms with E-state index in [9.17, 15) is 19.7 Å². The lowest BCUT2D eigenvalue weighted by Gasteiger charge is -2.30. The van der Waals surface area contributed by atoms with Crippen molar-refractivity contribution in [3.05, 3.63) is 87.4 Å². The first-order chi connectivity index (χ1) is 17.2. The molecule has 36 heavy (non-hydrogen) atoms. The van der Waals surface area contributed by atoms with Crippen molar-refractivity contribution in [1.29, 1.82) is 0 Å². The molecule has 2 heterocycles. The van der Waals surface area contributed by atoms with Crippen LogP contribution in [0.15, 0.2) is 59.2 Å². The van der Waals surface area contributed by atoms with Crippen molar-refractivity contribution in [2.45, 2.75) is 39.9 Å². The van der Waals surface area contributed by atoms with Gasteiger partial charge in [-0.25, -0.2) is 0 Å². The topological polar surface area (TPSA) is 115 Å². The van der Waals surface area contributed by atoms with Crippen molar-refractivity contribution in [3.63, 3.8) is 0 Å². The van der Waals surface area contributed by atoms with E-state index in [0.29, 0.717) is 22.8 Å². The first-order valence-electron chi connectivity index (χ1n) is 11.5. The lowest BCUT2D eigenvalue weighted by atomic mass is 10.1. The van der Waals surface area contributed by atoms with E-state index in [1.54, 1.807) is 43.9 Å². The number of furan rings is 1. The van der Waals surface area contributed by atoms with Crippen LogP contribution in [0.3, 0.4) is 0 Å². The first-order valence-corrected chi connectivity index (χ1v) is 11.5. The molecule has 1 aliphatic rings. The molecule has 0 N–H and O–H groups in total. The molecule has 2 aromatic carbocycles. The lowest BCUT2D eigenvalue weighted by molar-refractivity contribution is -0.385. The summed E-state index contributed by atoms with van der Waals surface area (Å²) in [5.41, 5.74) is 1.30. The molecule has 10 nitrogen and oxygen atoms in total. The summed E-state index contributed by atoms with van der Waals surface area (Å²) in [4.78, 5) is 40.7. The third-order valence-corrected chi connectivity index (χ3v) is 5.93. The van der Waals surface area contributed by atoms with Crippen LogP contribution >= 0.6 is 0 Å². The molecule has 1 aliphatic heterocycles. The van der Waals surface area contributed by atoms with Crippen molar-refractivity contribution in [3.8, 4) is 11.5 Å². The van der Waals surface area contributed by atoms with Crippen LogP contribution in [0.1, 0.15) is 41.1 Å². The van der Waals surface area contributed by atoms with Gasteiger partial charge in [0.15, 0.2) is 11.5 Å². The fourth-order valence-electron chi connectivity index (χ4n) is 3.92. The third-order valence-electron chi connectivity index (χ3n) is 5.93. The van der Waals surface area contributed by atoms with E-state index >= 15 is 0 Å². The molecule has 2 amide bonds. The number of aryl methyl sites for hydroxylation is 1. The molecule has 1 aromatic heterocycles. The van der Waals surface area contributed by atoms with Crippen molar-refractivity contribution < 1.29 is 28.4 Å². The normalized spacial score (nSPS) is 12.0. The summed E-state index contributed by atoms with van der Waals surface area (Å²) < 4.78 is 16.3. The molecule has 0 saturated heterocycles. The van der Waals surface area contributed by atoms with Crippen LogP contribution in [0, 0.1) is 17.0 Å². The largest absolute Gasteiger partial charge is 0.467 e. The number of nitrogens with zero attached hydrogens (tertiary/aromatic N) is 3. The number of hydrogen-bond acceptors (Lipinski definition) is 7. The third kappa shape index (κ3) is 5.48. The Morgan fingerprint density at radius 3 is 2.53 bits per heavy atom. The molecule has 0 radical (unpaired) electrons. The number of rotatable bonds is 9. The second-order valence-electron chi connectivity index (χ2n) is 8.80. The van der Waals surface area contributed by atoms with E-state index in [0.717, 1.165) is 5.56 Å². The Labute approximate surface area is 208 Å². The van der Waals surface area contributed by atoms with E-state index in [4.69, 9.17) is 13.9 Å². The fourth-order valence-corrected chi connectivity index (χ4v) is 3.92. The highest BCUT2D eigenvalue weighted by molar-refractivity contribution is 5.97. The maximum Gasteiger partial charge on any atom is 0.273 e. The van der Waals surface area contributed by atoms with Crippen LogP contribution in [0.4, 0.5) is 5.69 Å². The average Bonchev–Trinajstić information content (AvgIpc) is 3.53. The molecule has 188 valence electrons. The van der Waals surface area contributed by atoms with Gasteiger partial charge in [0.1, 0.15) is 12.3 Å². The number of fused-ring (bicyclic) bond motifs is 1. The second kappa shape index (κ2) is 10.5. The molecule has 3 aromatic rings. The van der Waals surface area contributed by atoms with Gasteiger partial charge in [-0.15, -0.1) is 0 Å². The fraction of sp³-hybridized carbons (Fsp3) is 0.308. The van der Waals surface area contributed by atoms with E-state index in [1.165, 1.54) is 29.4 Å². The van der Waals surface area contributed by atoms with Gasteiger partial charge in [0, 0.05) is 29.8 Å². The van der Waals surface area contributed by atoms with E-state index in [-0.39, 0.29) is 49.6 Å². The van der Waals surface area contributed by atoms with Gasteiger partial charge in [-0.2, -0.15) is 0 Å². The average molecular weight is 494 g/mol. The minimum atomic E-state index is -0.520. The van der Waals surface area contributed by atoms with Crippen molar-refractivity contribution in [1.82, 2.24) is 9.80 Å². The zero-order chi connectivity index (χ0) is 25.8. The van der Waals surface area contributed by atoms with Gasteiger partial charge in [0.25, 0.3) is 11.6 Å². The molecule has 0 aliphatic carbocycles. The quantitative estimate of drug-likeness (QED) is 0.322. The molecule has 10 heteroatoms. The first kappa shape index (κ1) is 24.8. The smallest absolute Gasteiger partial charge is 0.273 e. The molecule has 4 rings (SSSR count). The van der Waals surface area contributed by atoms with Gasteiger partial charge < -0.3 is 23.7 Å². The summed E-state index contributed by atoms with van der Waals surface area (Å²) in [7, 11) is 0. The number of nitro groups is 1. The Morgan fingerprint density at radius 1 is 1.06 bits per heavy atom. The van der Waals surface area contributed by atoms with Crippen LogP contribution in [0.5, 0.6) is 11.5 Å². The Morgan fingerprint density at radius 2 is 1.83 bits per heavy atom. The number of ether oxygens (including phenoxy) is 2. The standard InChI is InChI=1S/C26H27N3O7/c1-17(2)28(26(31)20-8-6-18(3)22(12-20)29(32)33)15-25(30)27(14-21-5-4-10-34-21)13-19-7-9-23-24(11-19)36-16-35-23/h4-12,17H,13-16H2,1-3H3. The number of carbonyl (C=O) groups excluding carboxylic acids is 2. The van der Waals surface area contributed by atoms with Gasteiger partial charge in [-0.1, -0.05) is 12.1 Å². The number of carbonyl (C=O) groups is 2. The molecule has 0 atom stereocenters. The number of benzene rings is 2. The zero-order valence-electron chi connectivity index (χ0n) is 20.3. The Hall–Kier alpha value is -4.34. The van der Waals surface area contributed by atoms with E-state index in [1.807, 2.05) is 12.1 Å². The summed E-state index contributed by atoms with van der Waals surface area (Å²) in [5.74, 6) is 1.10. The summed E-state index contributed by atoms with van der Waals surface area (Å²) in [6.45, 7) is 5.60. The molecule has 0 spiro atoms. The predicted octanol–water partition coefficient (Wildman–Crippen LogP) is 4.30. The summed E-state index contributed by atoms with van der Waals surface area (Å²) >= 11 is 0. The number of amides is 2. The number of hydrogen-bond donors (Lipinski definition) is 0. The van der Waals surface area contributed by atoms with Gasteiger partial charge in [0.05, 0.1) is 17.7 Å². The molecule has 0 unspecified atom stereocenters. The van der Waals surface area contributed by atoms with Crippen molar-refractivity contribution in [2.75, 3.05) is 13.3 Å². The summed E-state index contributed by atoms with van der Waals surface area (Å²) in [5, 5.41) is 11.4. The van der Waals surface area contributed by atoms with Gasteiger partial charge in [0.2, 0.25) is 12.7 Å². The Bertz CT molecular complexity index is 1270. The van der Waals surface area contributed by atoms with Crippen LogP contribution in [0.25, 0.3) is 0 Å². The second-order valence-corrected chi connectivity index (χ2v) is 8.80. The minimum absolute atomic E-state index is 0.141. The molecule has 0 bridgehead atoms. The summed E-state index contributed by atoms with van der Waals surface area (Å²) in [6.07, 6.45) is 1.53. The molecular formula is C26H27N3O7. The van der Waals surface area contributed by atoms with Gasteiger partial charge in [-0.3, -0.25) is 19.7 Å². The SMILES string of the molecule is Cc1ccc(C(=O)N(CC(=O)N(Cc2ccc3c(c2)OCO3)Cc2ccco2)C(C)C)cc1[N+](=O)[O-]. The highest BCUT2D eigenvalue weighted by Gasteiger charge is 2.27. The van der Waals surface area contributed by atoms with Crippen LogP contribution in [0.2, 0.25) is 0 Å². The highest BCUT2D eigenvalue weighted by Crippen LogP contribution is 2.33. The van der Waals surface area contributed by atoms with Crippen LogP contribution < -0.4 is 9.47 Å². The number of nitro benzene ring substituents is 1. The monoisotopic (exact) mass is 493 g/mol. The maximum atomic E-state index is 13.5. The molecular weight excluding hydrogens is 466 g/mol. The van der Waals surface area contributed by atoms with Gasteiger partial charge >= 0.3 is 0 Å². The Kier molecular flexibility index (Phi) is 7.23. The molecule has 0 fully saturated rings. The minimum Gasteiger partial charge on any atom is -0.467 e. The summed E-state index contributed by atoms with van der Waals surface area (Å²) in [6, 6.07) is 13.0. The van der Waals surface area contributed by atoms with Crippen molar-refractivity contribution >= 4 is 17.5 Å². The predicted molar refractivity (Wildman–Crippen MR) is 130 cm³/mol. The Balaban J connectivity index is 1.56. The molecule has 0 saturated carbocycles. The lowest BCUT2D eigenvalue weighted by Crippen LogP contribution is -2.45. The van der Waals surface area contributed by atoms with Gasteiger partial charge in [-0.05, 0) is 56.7 Å². The van der Waals surface area contributed by atoms with Crippen LogP contribution in [-0.4, -0.2) is 45.9 Å². The van der Waals surface area contributed by atoms with E-state index < -0.39 is 10.8 Å². The highest BCUT2D eigenvalue weighted by atomic mass is 16.7. The van der Waals surface area contributed by atoms with Crippen molar-refractivity contribution in [2.24, 2.45) is 0 Å². The van der Waals surface area contributed by atoms with Crippen LogP contribution in [-0.2, 0) is 17.9 Å². The van der Waals surface area contributed by atoms with E-state index in [2.05, 4.69) is 0 Å². The zero-order valence-corrected chi connectivity index (χ0v) is 20.3.